The van der Waals surface area contributed by atoms with Crippen molar-refractivity contribution in [3.8, 4) is 0 Å². The molecule has 5 nitrogen and oxygen atoms in total. The lowest BCUT2D eigenvalue weighted by atomic mass is 9.98. The Balaban J connectivity index is 2.13. The highest BCUT2D eigenvalue weighted by Gasteiger charge is 2.34. The summed E-state index contributed by atoms with van der Waals surface area (Å²) < 4.78 is 42.9. The molecular formula is C13H16F3N3O2. The molecule has 1 aliphatic rings. The number of hydrogen-bond donors (Lipinski definition) is 0. The topological polar surface area (TPSA) is 55.3 Å². The number of esters is 1. The Morgan fingerprint density at radius 3 is 2.95 bits per heavy atom. The summed E-state index contributed by atoms with van der Waals surface area (Å²) in [4.78, 5) is 20.8. The van der Waals surface area contributed by atoms with Gasteiger partial charge in [0.2, 0.25) is 5.95 Å². The fraction of sp³-hybridized carbons (Fsp3) is 0.615. The second-order valence-electron chi connectivity index (χ2n) is 4.78. The van der Waals surface area contributed by atoms with Gasteiger partial charge in [-0.25, -0.2) is 9.97 Å². The van der Waals surface area contributed by atoms with Crippen LogP contribution in [0.15, 0.2) is 12.3 Å². The van der Waals surface area contributed by atoms with Gasteiger partial charge in [-0.15, -0.1) is 0 Å². The van der Waals surface area contributed by atoms with E-state index < -0.39 is 11.9 Å². The van der Waals surface area contributed by atoms with Crippen LogP contribution in [0.5, 0.6) is 0 Å². The summed E-state index contributed by atoms with van der Waals surface area (Å²) in [5, 5.41) is 0. The van der Waals surface area contributed by atoms with Gasteiger partial charge in [-0.3, -0.25) is 4.79 Å². The second-order valence-corrected chi connectivity index (χ2v) is 4.78. The number of carbonyl (C=O) groups excluding carboxylic acids is 1. The highest BCUT2D eigenvalue weighted by molar-refractivity contribution is 5.73. The Morgan fingerprint density at radius 2 is 2.29 bits per heavy atom. The third kappa shape index (κ3) is 3.83. The van der Waals surface area contributed by atoms with Crippen LogP contribution in [0.2, 0.25) is 0 Å². The summed E-state index contributed by atoms with van der Waals surface area (Å²) in [6, 6.07) is 0.830. The molecule has 0 radical (unpaired) electrons. The number of anilines is 1. The van der Waals surface area contributed by atoms with Crippen LogP contribution in [0, 0.1) is 5.92 Å². The Morgan fingerprint density at radius 1 is 1.52 bits per heavy atom. The van der Waals surface area contributed by atoms with Crippen molar-refractivity contribution in [3.05, 3.63) is 18.0 Å². The summed E-state index contributed by atoms with van der Waals surface area (Å²) in [6.07, 6.45) is -2.08. The van der Waals surface area contributed by atoms with Crippen molar-refractivity contribution in [1.82, 2.24) is 9.97 Å². The SMILES string of the molecule is CCOC(=O)C1CCCN(c2nccc(C(F)(F)F)n2)C1. The lowest BCUT2D eigenvalue weighted by Gasteiger charge is -2.31. The predicted octanol–water partition coefficient (Wildman–Crippen LogP) is 2.27. The van der Waals surface area contributed by atoms with Crippen LogP contribution in [-0.4, -0.2) is 35.6 Å². The standard InChI is InChI=1S/C13H16F3N3O2/c1-2-21-11(20)9-4-3-7-19(8-9)12-17-6-5-10(18-12)13(14,15)16/h5-6,9H,2-4,7-8H2,1H3. The first kappa shape index (κ1) is 15.5. The number of halogens is 3. The van der Waals surface area contributed by atoms with E-state index in [0.29, 0.717) is 19.4 Å². The first-order valence-electron chi connectivity index (χ1n) is 6.73. The predicted molar refractivity (Wildman–Crippen MR) is 68.6 cm³/mol. The normalized spacial score (nSPS) is 19.4. The number of rotatable bonds is 3. The van der Waals surface area contributed by atoms with E-state index in [-0.39, 0.29) is 31.0 Å². The average Bonchev–Trinajstić information content (AvgIpc) is 2.47. The molecule has 2 heterocycles. The highest BCUT2D eigenvalue weighted by Crippen LogP contribution is 2.29. The molecule has 1 aromatic rings. The number of alkyl halides is 3. The maximum Gasteiger partial charge on any atom is 0.433 e. The summed E-state index contributed by atoms with van der Waals surface area (Å²) in [5.74, 6) is -0.676. The number of aromatic nitrogens is 2. The first-order valence-corrected chi connectivity index (χ1v) is 6.73. The van der Waals surface area contributed by atoms with Crippen molar-refractivity contribution in [2.24, 2.45) is 5.92 Å². The zero-order valence-electron chi connectivity index (χ0n) is 11.6. The quantitative estimate of drug-likeness (QED) is 0.802. The van der Waals surface area contributed by atoms with E-state index in [1.54, 1.807) is 11.8 Å². The molecule has 0 aliphatic carbocycles. The minimum atomic E-state index is -4.51. The largest absolute Gasteiger partial charge is 0.466 e. The van der Waals surface area contributed by atoms with Gasteiger partial charge in [0.05, 0.1) is 12.5 Å². The van der Waals surface area contributed by atoms with Crippen LogP contribution in [0.25, 0.3) is 0 Å². The first-order chi connectivity index (χ1) is 9.91. The molecule has 1 unspecified atom stereocenters. The molecule has 2 rings (SSSR count). The molecule has 1 aliphatic heterocycles. The van der Waals surface area contributed by atoms with Crippen LogP contribution >= 0.6 is 0 Å². The average molecular weight is 303 g/mol. The third-order valence-corrected chi connectivity index (χ3v) is 3.26. The monoisotopic (exact) mass is 303 g/mol. The fourth-order valence-corrected chi connectivity index (χ4v) is 2.27. The van der Waals surface area contributed by atoms with Crippen molar-refractivity contribution in [3.63, 3.8) is 0 Å². The van der Waals surface area contributed by atoms with E-state index in [1.807, 2.05) is 0 Å². The van der Waals surface area contributed by atoms with Gasteiger partial charge in [0.25, 0.3) is 0 Å². The summed E-state index contributed by atoms with van der Waals surface area (Å²) in [5.41, 5.74) is -0.981. The van der Waals surface area contributed by atoms with E-state index in [2.05, 4.69) is 9.97 Å². The van der Waals surface area contributed by atoms with E-state index >= 15 is 0 Å². The van der Waals surface area contributed by atoms with Crippen molar-refractivity contribution in [1.29, 1.82) is 0 Å². The molecule has 116 valence electrons. The molecular weight excluding hydrogens is 287 g/mol. The smallest absolute Gasteiger partial charge is 0.433 e. The van der Waals surface area contributed by atoms with Crippen molar-refractivity contribution in [2.75, 3.05) is 24.6 Å². The maximum absolute atomic E-state index is 12.7. The number of ether oxygens (including phenoxy) is 1. The molecule has 0 spiro atoms. The van der Waals surface area contributed by atoms with Gasteiger partial charge in [-0.05, 0) is 25.8 Å². The number of nitrogens with zero attached hydrogens (tertiary/aromatic N) is 3. The second kappa shape index (κ2) is 6.28. The van der Waals surface area contributed by atoms with Gasteiger partial charge in [-0.2, -0.15) is 13.2 Å². The molecule has 21 heavy (non-hydrogen) atoms. The number of hydrogen-bond acceptors (Lipinski definition) is 5. The molecule has 0 amide bonds. The van der Waals surface area contributed by atoms with Crippen LogP contribution in [0.3, 0.4) is 0 Å². The molecule has 1 atom stereocenters. The Bertz CT molecular complexity index is 508. The zero-order valence-corrected chi connectivity index (χ0v) is 11.6. The van der Waals surface area contributed by atoms with Crippen molar-refractivity contribution >= 4 is 11.9 Å². The van der Waals surface area contributed by atoms with Gasteiger partial charge >= 0.3 is 12.1 Å². The van der Waals surface area contributed by atoms with E-state index in [0.717, 1.165) is 12.3 Å². The molecule has 0 bridgehead atoms. The van der Waals surface area contributed by atoms with E-state index in [9.17, 15) is 18.0 Å². The minimum Gasteiger partial charge on any atom is -0.466 e. The zero-order chi connectivity index (χ0) is 15.5. The molecule has 8 heteroatoms. The third-order valence-electron chi connectivity index (χ3n) is 3.26. The van der Waals surface area contributed by atoms with Crippen molar-refractivity contribution in [2.45, 2.75) is 25.9 Å². The summed E-state index contributed by atoms with van der Waals surface area (Å²) in [7, 11) is 0. The van der Waals surface area contributed by atoms with Crippen molar-refractivity contribution < 1.29 is 22.7 Å². The number of carbonyl (C=O) groups is 1. The highest BCUT2D eigenvalue weighted by atomic mass is 19.4. The van der Waals surface area contributed by atoms with Gasteiger partial charge in [0, 0.05) is 19.3 Å². The Labute approximate surface area is 120 Å². The maximum atomic E-state index is 12.7. The van der Waals surface area contributed by atoms with Gasteiger partial charge in [0.15, 0.2) is 0 Å². The molecule has 0 aromatic carbocycles. The summed E-state index contributed by atoms with van der Waals surface area (Å²) in [6.45, 7) is 2.81. The number of piperidine rings is 1. The van der Waals surface area contributed by atoms with Crippen LogP contribution in [-0.2, 0) is 15.7 Å². The Hall–Kier alpha value is -1.86. The molecule has 0 N–H and O–H groups in total. The lowest BCUT2D eigenvalue weighted by Crippen LogP contribution is -2.40. The lowest BCUT2D eigenvalue weighted by molar-refractivity contribution is -0.148. The van der Waals surface area contributed by atoms with Crippen LogP contribution < -0.4 is 4.90 Å². The van der Waals surface area contributed by atoms with Gasteiger partial charge in [0.1, 0.15) is 5.69 Å². The van der Waals surface area contributed by atoms with E-state index in [1.165, 1.54) is 0 Å². The summed E-state index contributed by atoms with van der Waals surface area (Å²) >= 11 is 0. The van der Waals surface area contributed by atoms with Crippen LogP contribution in [0.1, 0.15) is 25.5 Å². The fourth-order valence-electron chi connectivity index (χ4n) is 2.27. The molecule has 1 fully saturated rings. The molecule has 0 saturated carbocycles. The van der Waals surface area contributed by atoms with Gasteiger partial charge in [-0.1, -0.05) is 0 Å². The molecule has 1 saturated heterocycles. The van der Waals surface area contributed by atoms with Gasteiger partial charge < -0.3 is 9.64 Å². The van der Waals surface area contributed by atoms with Crippen LogP contribution in [0.4, 0.5) is 19.1 Å². The minimum absolute atomic E-state index is 0.00109. The molecule has 1 aromatic heterocycles. The Kier molecular flexibility index (Phi) is 4.64. The van der Waals surface area contributed by atoms with E-state index in [4.69, 9.17) is 4.74 Å².